The van der Waals surface area contributed by atoms with Gasteiger partial charge in [-0.3, -0.25) is 5.10 Å². The van der Waals surface area contributed by atoms with Gasteiger partial charge in [-0.15, -0.1) is 0 Å². The third-order valence-corrected chi connectivity index (χ3v) is 5.26. The molecule has 0 aliphatic heterocycles. The van der Waals surface area contributed by atoms with E-state index in [1.807, 2.05) is 37.3 Å². The predicted octanol–water partition coefficient (Wildman–Crippen LogP) is 6.31. The summed E-state index contributed by atoms with van der Waals surface area (Å²) in [4.78, 5) is 10.8. The Morgan fingerprint density at radius 2 is 1.78 bits per heavy atom. The zero-order valence-corrected chi connectivity index (χ0v) is 17.3. The minimum atomic E-state index is -1.02. The van der Waals surface area contributed by atoms with E-state index in [1.54, 1.807) is 18.3 Å². The maximum atomic E-state index is 14.8. The van der Waals surface area contributed by atoms with Gasteiger partial charge in [0, 0.05) is 23.1 Å². The molecule has 0 atom stereocenters. The smallest absolute Gasteiger partial charge is 0.328 e. The lowest BCUT2D eigenvalue weighted by atomic mass is 9.87. The van der Waals surface area contributed by atoms with Crippen molar-refractivity contribution in [3.8, 4) is 0 Å². The van der Waals surface area contributed by atoms with Gasteiger partial charge >= 0.3 is 5.97 Å². The number of benzene rings is 3. The fourth-order valence-corrected chi connectivity index (χ4v) is 3.78. The maximum Gasteiger partial charge on any atom is 0.328 e. The Hall–Kier alpha value is -4.06. The monoisotopic (exact) mass is 430 g/mol. The average Bonchev–Trinajstić information content (AvgIpc) is 3.25. The molecule has 0 unspecified atom stereocenters. The molecule has 0 saturated carbocycles. The van der Waals surface area contributed by atoms with Gasteiger partial charge in [-0.05, 0) is 64.6 Å². The fraction of sp³-hybridized carbons (Fsp3) is 0.0769. The zero-order chi connectivity index (χ0) is 22.7. The van der Waals surface area contributed by atoms with E-state index in [2.05, 4.69) is 10.2 Å². The van der Waals surface area contributed by atoms with Crippen LogP contribution < -0.4 is 0 Å². The van der Waals surface area contributed by atoms with Gasteiger partial charge in [-0.2, -0.15) is 5.10 Å². The minimum Gasteiger partial charge on any atom is -0.478 e. The lowest BCUT2D eigenvalue weighted by molar-refractivity contribution is -0.131. The summed E-state index contributed by atoms with van der Waals surface area (Å²) in [6.07, 6.45) is 4.82. The minimum absolute atomic E-state index is 0.339. The molecule has 4 aromatic rings. The first-order chi connectivity index (χ1) is 15.5. The number of hydrogen-bond acceptors (Lipinski definition) is 2. The van der Waals surface area contributed by atoms with Crippen molar-refractivity contribution in [1.82, 2.24) is 10.2 Å². The second-order valence-electron chi connectivity index (χ2n) is 7.30. The summed E-state index contributed by atoms with van der Waals surface area (Å²) < 4.78 is 28.3. The second-order valence-corrected chi connectivity index (χ2v) is 7.30. The third kappa shape index (κ3) is 4.34. The van der Waals surface area contributed by atoms with Crippen molar-refractivity contribution in [2.24, 2.45) is 0 Å². The van der Waals surface area contributed by atoms with Crippen LogP contribution in [-0.2, 0) is 4.79 Å². The van der Waals surface area contributed by atoms with E-state index < -0.39 is 17.6 Å². The number of aromatic nitrogens is 2. The molecule has 1 aromatic heterocycles. The van der Waals surface area contributed by atoms with Gasteiger partial charge in [-0.1, -0.05) is 37.3 Å². The molecule has 0 aliphatic rings. The standard InChI is InChI=1S/C26H20F2N2O2/c1-2-21(22-10-9-20(27)14-23(22)28)26(18-8-11-24-19(13-18)15-29-30-24)17-6-3-16(4-7-17)5-12-25(31)32/h3-15H,2H2,1H3,(H,29,30)(H,31,32)/b12-5+,26-21+. The summed E-state index contributed by atoms with van der Waals surface area (Å²) in [6, 6.07) is 16.8. The van der Waals surface area contributed by atoms with Crippen molar-refractivity contribution in [3.05, 3.63) is 107 Å². The molecule has 0 saturated heterocycles. The molecule has 0 radical (unpaired) electrons. The Balaban J connectivity index is 1.93. The van der Waals surface area contributed by atoms with E-state index in [1.165, 1.54) is 18.2 Å². The van der Waals surface area contributed by atoms with Crippen LogP contribution in [0.4, 0.5) is 8.78 Å². The first-order valence-corrected chi connectivity index (χ1v) is 10.1. The summed E-state index contributed by atoms with van der Waals surface area (Å²) in [6.45, 7) is 1.93. The highest BCUT2D eigenvalue weighted by Gasteiger charge is 2.17. The van der Waals surface area contributed by atoms with Crippen LogP contribution in [0.15, 0.2) is 72.9 Å². The van der Waals surface area contributed by atoms with Crippen LogP contribution in [0.5, 0.6) is 0 Å². The molecule has 1 heterocycles. The molecule has 0 bridgehead atoms. The van der Waals surface area contributed by atoms with E-state index >= 15 is 0 Å². The number of halogens is 2. The summed E-state index contributed by atoms with van der Waals surface area (Å²) in [5.41, 5.74) is 5.20. The largest absolute Gasteiger partial charge is 0.478 e. The second kappa shape index (κ2) is 8.98. The molecule has 2 N–H and O–H groups in total. The molecule has 6 heteroatoms. The van der Waals surface area contributed by atoms with Crippen LogP contribution in [0.2, 0.25) is 0 Å². The molecule has 0 aliphatic carbocycles. The molecule has 4 rings (SSSR count). The molecule has 0 spiro atoms. The lowest BCUT2D eigenvalue weighted by Crippen LogP contribution is -1.98. The average molecular weight is 430 g/mol. The summed E-state index contributed by atoms with van der Waals surface area (Å²) in [7, 11) is 0. The highest BCUT2D eigenvalue weighted by Crippen LogP contribution is 2.36. The number of carboxylic acid groups (broad SMARTS) is 1. The molecule has 0 amide bonds. The molecule has 0 fully saturated rings. The van der Waals surface area contributed by atoms with Crippen LogP contribution in [0.1, 0.15) is 35.6 Å². The van der Waals surface area contributed by atoms with E-state index in [-0.39, 0.29) is 0 Å². The number of H-pyrrole nitrogens is 1. The normalized spacial score (nSPS) is 12.3. The highest BCUT2D eigenvalue weighted by atomic mass is 19.1. The van der Waals surface area contributed by atoms with Crippen molar-refractivity contribution in [2.45, 2.75) is 13.3 Å². The Labute approximate surface area is 183 Å². The van der Waals surface area contributed by atoms with E-state index in [9.17, 15) is 13.6 Å². The van der Waals surface area contributed by atoms with Crippen molar-refractivity contribution >= 4 is 34.1 Å². The molecular formula is C26H20F2N2O2. The topological polar surface area (TPSA) is 66.0 Å². The Morgan fingerprint density at radius 3 is 2.47 bits per heavy atom. The molecule has 160 valence electrons. The van der Waals surface area contributed by atoms with Gasteiger partial charge in [0.05, 0.1) is 11.7 Å². The molecule has 3 aromatic carbocycles. The number of aliphatic carboxylic acids is 1. The lowest BCUT2D eigenvalue weighted by Gasteiger charge is -2.17. The van der Waals surface area contributed by atoms with Crippen molar-refractivity contribution < 1.29 is 18.7 Å². The summed E-state index contributed by atoms with van der Waals surface area (Å²) in [5.74, 6) is -2.27. The molecule has 4 nitrogen and oxygen atoms in total. The number of hydrogen-bond donors (Lipinski definition) is 2. The van der Waals surface area contributed by atoms with Crippen LogP contribution in [0.25, 0.3) is 28.1 Å². The van der Waals surface area contributed by atoms with Crippen LogP contribution in [0, 0.1) is 11.6 Å². The van der Waals surface area contributed by atoms with Crippen molar-refractivity contribution in [1.29, 1.82) is 0 Å². The number of carboxylic acids is 1. The SMILES string of the molecule is CC/C(=C(/c1ccc(/C=C/C(=O)O)cc1)c1ccc2[nH]ncc2c1)c1ccc(F)cc1F. The zero-order valence-electron chi connectivity index (χ0n) is 17.3. The first-order valence-electron chi connectivity index (χ1n) is 10.1. The third-order valence-electron chi connectivity index (χ3n) is 5.26. The number of aromatic amines is 1. The summed E-state index contributed by atoms with van der Waals surface area (Å²) in [5, 5.41) is 16.8. The Kier molecular flexibility index (Phi) is 5.94. The van der Waals surface area contributed by atoms with Crippen LogP contribution in [0.3, 0.4) is 0 Å². The van der Waals surface area contributed by atoms with E-state index in [0.29, 0.717) is 12.0 Å². The van der Waals surface area contributed by atoms with Gasteiger partial charge in [0.15, 0.2) is 0 Å². The molecule has 32 heavy (non-hydrogen) atoms. The number of rotatable bonds is 6. The van der Waals surface area contributed by atoms with E-state index in [0.717, 1.165) is 50.9 Å². The quantitative estimate of drug-likeness (QED) is 0.278. The highest BCUT2D eigenvalue weighted by molar-refractivity contribution is 6.00. The van der Waals surface area contributed by atoms with Gasteiger partial charge in [-0.25, -0.2) is 13.6 Å². The van der Waals surface area contributed by atoms with Crippen LogP contribution >= 0.6 is 0 Å². The van der Waals surface area contributed by atoms with Gasteiger partial charge in [0.1, 0.15) is 11.6 Å². The van der Waals surface area contributed by atoms with E-state index in [4.69, 9.17) is 5.11 Å². The Bertz CT molecular complexity index is 1350. The maximum absolute atomic E-state index is 14.8. The molecular weight excluding hydrogens is 410 g/mol. The van der Waals surface area contributed by atoms with Crippen LogP contribution in [-0.4, -0.2) is 21.3 Å². The fourth-order valence-electron chi connectivity index (χ4n) is 3.78. The first kappa shape index (κ1) is 21.2. The number of fused-ring (bicyclic) bond motifs is 1. The predicted molar refractivity (Wildman–Crippen MR) is 122 cm³/mol. The number of allylic oxidation sites excluding steroid dienone is 1. The van der Waals surface area contributed by atoms with Gasteiger partial charge < -0.3 is 5.11 Å². The van der Waals surface area contributed by atoms with Gasteiger partial charge in [0.25, 0.3) is 0 Å². The number of carbonyl (C=O) groups is 1. The Morgan fingerprint density at radius 1 is 1.03 bits per heavy atom. The number of nitrogens with one attached hydrogen (secondary N) is 1. The summed E-state index contributed by atoms with van der Waals surface area (Å²) >= 11 is 0. The van der Waals surface area contributed by atoms with Crippen molar-refractivity contribution in [3.63, 3.8) is 0 Å². The van der Waals surface area contributed by atoms with Crippen molar-refractivity contribution in [2.75, 3.05) is 0 Å². The van der Waals surface area contributed by atoms with Gasteiger partial charge in [0.2, 0.25) is 0 Å². The number of nitrogens with zero attached hydrogens (tertiary/aromatic N) is 1.